The maximum atomic E-state index is 12.8. The van der Waals surface area contributed by atoms with Crippen LogP contribution in [-0.4, -0.2) is 46.0 Å². The first-order valence-electron chi connectivity index (χ1n) is 8.16. The van der Waals surface area contributed by atoms with Crippen LogP contribution in [0.1, 0.15) is 25.8 Å². The van der Waals surface area contributed by atoms with Gasteiger partial charge in [0.2, 0.25) is 5.91 Å². The van der Waals surface area contributed by atoms with E-state index in [0.29, 0.717) is 31.3 Å². The van der Waals surface area contributed by atoms with Gasteiger partial charge in [-0.25, -0.2) is 0 Å². The van der Waals surface area contributed by atoms with Gasteiger partial charge < -0.3 is 10.1 Å². The number of pyridine rings is 1. The van der Waals surface area contributed by atoms with Crippen molar-refractivity contribution in [3.8, 4) is 0 Å². The number of amides is 1. The molecule has 2 rings (SSSR count). The fourth-order valence-corrected chi connectivity index (χ4v) is 2.75. The maximum Gasteiger partial charge on any atom is 0.417 e. The number of hydrogen-bond donors (Lipinski definition) is 1. The van der Waals surface area contributed by atoms with E-state index in [-0.39, 0.29) is 16.8 Å². The first-order valence-corrected chi connectivity index (χ1v) is 9.15. The van der Waals surface area contributed by atoms with E-state index >= 15 is 0 Å². The predicted molar refractivity (Wildman–Crippen MR) is 92.0 cm³/mol. The highest BCUT2D eigenvalue weighted by atomic mass is 32.2. The second kappa shape index (κ2) is 9.22. The number of nitrogens with zero attached hydrogens (tertiary/aromatic N) is 3. The van der Waals surface area contributed by atoms with Crippen LogP contribution in [0.25, 0.3) is 5.65 Å². The second-order valence-electron chi connectivity index (χ2n) is 6.06. The Hall–Kier alpha value is -1.81. The van der Waals surface area contributed by atoms with E-state index in [4.69, 9.17) is 4.74 Å². The fourth-order valence-electron chi connectivity index (χ4n) is 2.00. The zero-order chi connectivity index (χ0) is 19.2. The molecule has 0 fully saturated rings. The number of carbonyl (C=O) groups is 1. The minimum absolute atomic E-state index is 0.0308. The lowest BCUT2D eigenvalue weighted by molar-refractivity contribution is -0.137. The smallest absolute Gasteiger partial charge is 0.380 e. The third kappa shape index (κ3) is 6.17. The standard InChI is InChI=1S/C16H21F3N4O2S/c1-11(2)5-7-25-8-6-20-14(24)10-26-15-22-21-13-4-3-12(9-23(13)15)16(17,18)19/h3-4,9,11H,5-8,10H2,1-2H3,(H,20,24). The molecule has 10 heteroatoms. The summed E-state index contributed by atoms with van der Waals surface area (Å²) < 4.78 is 45.0. The van der Waals surface area contributed by atoms with Crippen LogP contribution in [0.3, 0.4) is 0 Å². The summed E-state index contributed by atoms with van der Waals surface area (Å²) in [6.07, 6.45) is -2.56. The molecule has 2 aromatic heterocycles. The van der Waals surface area contributed by atoms with Gasteiger partial charge in [0.25, 0.3) is 0 Å². The quantitative estimate of drug-likeness (QED) is 0.527. The van der Waals surface area contributed by atoms with Crippen molar-refractivity contribution in [1.82, 2.24) is 19.9 Å². The molecule has 6 nitrogen and oxygen atoms in total. The van der Waals surface area contributed by atoms with E-state index in [1.165, 1.54) is 10.5 Å². The van der Waals surface area contributed by atoms with Crippen LogP contribution in [0.15, 0.2) is 23.5 Å². The number of alkyl halides is 3. The Morgan fingerprint density at radius 2 is 2.08 bits per heavy atom. The van der Waals surface area contributed by atoms with E-state index < -0.39 is 11.7 Å². The summed E-state index contributed by atoms with van der Waals surface area (Å²) in [6, 6.07) is 2.19. The van der Waals surface area contributed by atoms with Crippen LogP contribution in [0.2, 0.25) is 0 Å². The third-order valence-electron chi connectivity index (χ3n) is 3.44. The van der Waals surface area contributed by atoms with Crippen LogP contribution in [0.4, 0.5) is 13.2 Å². The number of thioether (sulfide) groups is 1. The summed E-state index contributed by atoms with van der Waals surface area (Å²) >= 11 is 1.03. The predicted octanol–water partition coefficient (Wildman–Crippen LogP) is 3.02. The first-order chi connectivity index (χ1) is 12.3. The average Bonchev–Trinajstić information content (AvgIpc) is 2.97. The van der Waals surface area contributed by atoms with E-state index in [9.17, 15) is 18.0 Å². The van der Waals surface area contributed by atoms with E-state index in [1.807, 2.05) is 0 Å². The van der Waals surface area contributed by atoms with Gasteiger partial charge in [0.05, 0.1) is 17.9 Å². The number of ether oxygens (including phenoxy) is 1. The Kier molecular flexibility index (Phi) is 7.27. The van der Waals surface area contributed by atoms with Crippen molar-refractivity contribution in [1.29, 1.82) is 0 Å². The fraction of sp³-hybridized carbons (Fsp3) is 0.562. The molecule has 0 aliphatic carbocycles. The molecule has 0 aromatic carbocycles. The van der Waals surface area contributed by atoms with Crippen LogP contribution < -0.4 is 5.32 Å². The van der Waals surface area contributed by atoms with Crippen molar-refractivity contribution in [3.63, 3.8) is 0 Å². The molecule has 0 bridgehead atoms. The summed E-state index contributed by atoms with van der Waals surface area (Å²) in [5.74, 6) is 0.353. The van der Waals surface area contributed by atoms with E-state index in [1.54, 1.807) is 0 Å². The molecular weight excluding hydrogens is 369 g/mol. The average molecular weight is 390 g/mol. The minimum Gasteiger partial charge on any atom is -0.380 e. The Balaban J connectivity index is 1.81. The molecular formula is C16H21F3N4O2S. The molecule has 0 saturated heterocycles. The summed E-state index contributed by atoms with van der Waals surface area (Å²) in [6.45, 7) is 5.67. The SMILES string of the molecule is CC(C)CCOCCNC(=O)CSc1nnc2ccc(C(F)(F)F)cn12. The van der Waals surface area contributed by atoms with Crippen molar-refractivity contribution in [2.75, 3.05) is 25.5 Å². The number of hydrogen-bond acceptors (Lipinski definition) is 5. The molecule has 144 valence electrons. The number of rotatable bonds is 9. The Morgan fingerprint density at radius 3 is 2.77 bits per heavy atom. The molecule has 0 saturated carbocycles. The zero-order valence-corrected chi connectivity index (χ0v) is 15.4. The highest BCUT2D eigenvalue weighted by molar-refractivity contribution is 7.99. The van der Waals surface area contributed by atoms with Crippen molar-refractivity contribution < 1.29 is 22.7 Å². The molecule has 26 heavy (non-hydrogen) atoms. The molecule has 2 aromatic rings. The first kappa shape index (κ1) is 20.5. The Labute approximate surface area is 153 Å². The van der Waals surface area contributed by atoms with Gasteiger partial charge in [-0.3, -0.25) is 9.20 Å². The molecule has 0 aliphatic heterocycles. The maximum absolute atomic E-state index is 12.8. The topological polar surface area (TPSA) is 68.5 Å². The molecule has 0 unspecified atom stereocenters. The van der Waals surface area contributed by atoms with Crippen LogP contribution in [0.5, 0.6) is 0 Å². The van der Waals surface area contributed by atoms with Gasteiger partial charge in [0.1, 0.15) is 0 Å². The number of nitrogens with one attached hydrogen (secondary N) is 1. The molecule has 0 spiro atoms. The van der Waals surface area contributed by atoms with Gasteiger partial charge in [-0.2, -0.15) is 13.2 Å². The van der Waals surface area contributed by atoms with Crippen molar-refractivity contribution in [2.45, 2.75) is 31.6 Å². The molecule has 2 heterocycles. The van der Waals surface area contributed by atoms with Gasteiger partial charge >= 0.3 is 6.18 Å². The van der Waals surface area contributed by atoms with Crippen molar-refractivity contribution >= 4 is 23.3 Å². The van der Waals surface area contributed by atoms with Crippen LogP contribution in [-0.2, 0) is 15.7 Å². The van der Waals surface area contributed by atoms with Crippen molar-refractivity contribution in [2.24, 2.45) is 5.92 Å². The van der Waals surface area contributed by atoms with Gasteiger partial charge in [0.15, 0.2) is 10.8 Å². The third-order valence-corrected chi connectivity index (χ3v) is 4.38. The molecule has 0 radical (unpaired) electrons. The van der Waals surface area contributed by atoms with E-state index in [0.717, 1.165) is 30.4 Å². The summed E-state index contributed by atoms with van der Waals surface area (Å²) in [5.41, 5.74) is -0.505. The zero-order valence-electron chi connectivity index (χ0n) is 14.5. The van der Waals surface area contributed by atoms with Gasteiger partial charge in [-0.15, -0.1) is 10.2 Å². The number of fused-ring (bicyclic) bond motifs is 1. The largest absolute Gasteiger partial charge is 0.417 e. The van der Waals surface area contributed by atoms with Gasteiger partial charge in [-0.05, 0) is 24.5 Å². The van der Waals surface area contributed by atoms with Gasteiger partial charge in [0, 0.05) is 19.3 Å². The lowest BCUT2D eigenvalue weighted by Gasteiger charge is -2.08. The summed E-state index contributed by atoms with van der Waals surface area (Å²) in [5, 5.41) is 10.6. The number of halogens is 3. The van der Waals surface area contributed by atoms with Crippen molar-refractivity contribution in [3.05, 3.63) is 23.9 Å². The van der Waals surface area contributed by atoms with Crippen LogP contribution in [0, 0.1) is 5.92 Å². The lowest BCUT2D eigenvalue weighted by Crippen LogP contribution is -2.29. The lowest BCUT2D eigenvalue weighted by atomic mass is 10.1. The second-order valence-corrected chi connectivity index (χ2v) is 7.00. The Bertz CT molecular complexity index is 734. The highest BCUT2D eigenvalue weighted by Crippen LogP contribution is 2.30. The molecule has 0 atom stereocenters. The normalized spacial score (nSPS) is 12.1. The summed E-state index contributed by atoms with van der Waals surface area (Å²) in [7, 11) is 0. The van der Waals surface area contributed by atoms with Gasteiger partial charge in [-0.1, -0.05) is 25.6 Å². The highest BCUT2D eigenvalue weighted by Gasteiger charge is 2.31. The summed E-state index contributed by atoms with van der Waals surface area (Å²) in [4.78, 5) is 11.8. The molecule has 0 aliphatic rings. The molecule has 1 N–H and O–H groups in total. The number of carbonyl (C=O) groups excluding carboxylic acids is 1. The number of aromatic nitrogens is 3. The monoisotopic (exact) mass is 390 g/mol. The van der Waals surface area contributed by atoms with Crippen LogP contribution >= 0.6 is 11.8 Å². The molecule has 1 amide bonds. The van der Waals surface area contributed by atoms with E-state index in [2.05, 4.69) is 29.4 Å². The Morgan fingerprint density at radius 1 is 1.31 bits per heavy atom. The minimum atomic E-state index is -4.45.